The van der Waals surface area contributed by atoms with Crippen molar-refractivity contribution in [2.75, 3.05) is 23.3 Å². The molecule has 4 aromatic rings. The molecular formula is C19H16F2N6S. The number of nitrogens with zero attached hydrogens (tertiary/aromatic N) is 5. The fraction of sp³-hybridized carbons (Fsp3) is 0.211. The molecule has 5 rings (SSSR count). The molecule has 6 nitrogen and oxygen atoms in total. The van der Waals surface area contributed by atoms with Gasteiger partial charge in [-0.05, 0) is 42.1 Å². The Bertz CT molecular complexity index is 1110. The van der Waals surface area contributed by atoms with Gasteiger partial charge in [-0.25, -0.2) is 8.78 Å². The third-order valence-electron chi connectivity index (χ3n) is 4.84. The molecule has 0 saturated carbocycles. The second-order valence-electron chi connectivity index (χ2n) is 6.67. The second kappa shape index (κ2) is 6.83. The molecule has 0 bridgehead atoms. The first-order valence-electron chi connectivity index (χ1n) is 8.89. The zero-order valence-corrected chi connectivity index (χ0v) is 15.5. The van der Waals surface area contributed by atoms with Gasteiger partial charge in [-0.15, -0.1) is 15.3 Å². The Morgan fingerprint density at radius 2 is 1.93 bits per heavy atom. The molecule has 1 aromatic carbocycles. The average molecular weight is 398 g/mol. The highest BCUT2D eigenvalue weighted by molar-refractivity contribution is 7.08. The topological polar surface area (TPSA) is 58.3 Å². The van der Waals surface area contributed by atoms with Crippen LogP contribution in [0.1, 0.15) is 6.42 Å². The van der Waals surface area contributed by atoms with Gasteiger partial charge >= 0.3 is 0 Å². The van der Waals surface area contributed by atoms with Crippen LogP contribution < -0.4 is 10.2 Å². The number of thiophene rings is 1. The van der Waals surface area contributed by atoms with E-state index in [2.05, 4.69) is 20.6 Å². The number of hydrogen-bond acceptors (Lipinski definition) is 6. The summed E-state index contributed by atoms with van der Waals surface area (Å²) in [5, 5.41) is 20.3. The summed E-state index contributed by atoms with van der Waals surface area (Å²) in [4.78, 5) is 1.73. The van der Waals surface area contributed by atoms with Gasteiger partial charge in [0.1, 0.15) is 23.1 Å². The van der Waals surface area contributed by atoms with Crippen molar-refractivity contribution in [3.8, 4) is 11.4 Å². The van der Waals surface area contributed by atoms with E-state index in [1.54, 1.807) is 20.8 Å². The Balaban J connectivity index is 1.37. The van der Waals surface area contributed by atoms with E-state index in [9.17, 15) is 8.78 Å². The first-order valence-corrected chi connectivity index (χ1v) is 9.84. The van der Waals surface area contributed by atoms with Crippen LogP contribution in [0.25, 0.3) is 17.0 Å². The summed E-state index contributed by atoms with van der Waals surface area (Å²) < 4.78 is 29.8. The molecular weight excluding hydrogens is 382 g/mol. The van der Waals surface area contributed by atoms with E-state index in [1.807, 2.05) is 29.0 Å². The quantitative estimate of drug-likeness (QED) is 0.566. The normalized spacial score (nSPS) is 16.8. The second-order valence-corrected chi connectivity index (χ2v) is 7.45. The number of benzene rings is 1. The maximum Gasteiger partial charge on any atom is 0.186 e. The smallest absolute Gasteiger partial charge is 0.186 e. The van der Waals surface area contributed by atoms with Gasteiger partial charge in [-0.3, -0.25) is 0 Å². The van der Waals surface area contributed by atoms with Crippen LogP contribution in [0, 0.1) is 11.6 Å². The van der Waals surface area contributed by atoms with Crippen molar-refractivity contribution in [3.05, 3.63) is 58.8 Å². The molecule has 1 aliphatic heterocycles. The highest BCUT2D eigenvalue weighted by Crippen LogP contribution is 2.28. The number of aromatic nitrogens is 4. The summed E-state index contributed by atoms with van der Waals surface area (Å²) in [7, 11) is 0. The summed E-state index contributed by atoms with van der Waals surface area (Å²) in [6.07, 6.45) is 0.757. The average Bonchev–Trinajstić information content (AvgIpc) is 3.42. The first kappa shape index (κ1) is 17.1. The lowest BCUT2D eigenvalue weighted by molar-refractivity contribution is 0.577. The number of anilines is 2. The zero-order chi connectivity index (χ0) is 19.1. The van der Waals surface area contributed by atoms with Crippen molar-refractivity contribution < 1.29 is 8.78 Å². The Morgan fingerprint density at radius 1 is 1.07 bits per heavy atom. The molecule has 1 saturated heterocycles. The molecule has 1 N–H and O–H groups in total. The molecule has 0 amide bonds. The maximum atomic E-state index is 14.0. The molecule has 4 heterocycles. The van der Waals surface area contributed by atoms with Crippen LogP contribution in [-0.4, -0.2) is 38.9 Å². The molecule has 1 aliphatic rings. The van der Waals surface area contributed by atoms with E-state index in [0.29, 0.717) is 30.4 Å². The zero-order valence-electron chi connectivity index (χ0n) is 14.7. The van der Waals surface area contributed by atoms with Crippen molar-refractivity contribution in [1.29, 1.82) is 0 Å². The van der Waals surface area contributed by atoms with Crippen molar-refractivity contribution >= 4 is 28.5 Å². The van der Waals surface area contributed by atoms with Crippen LogP contribution in [-0.2, 0) is 0 Å². The van der Waals surface area contributed by atoms with Gasteiger partial charge in [-0.2, -0.15) is 15.9 Å². The number of rotatable bonds is 4. The van der Waals surface area contributed by atoms with Gasteiger partial charge in [0.15, 0.2) is 11.5 Å². The highest BCUT2D eigenvalue weighted by atomic mass is 32.1. The number of hydrogen-bond donors (Lipinski definition) is 1. The Kier molecular flexibility index (Phi) is 4.16. The molecule has 0 radical (unpaired) electrons. The van der Waals surface area contributed by atoms with Gasteiger partial charge in [0, 0.05) is 30.1 Å². The lowest BCUT2D eigenvalue weighted by Gasteiger charge is -2.20. The summed E-state index contributed by atoms with van der Waals surface area (Å²) in [5.41, 5.74) is 1.66. The number of halogens is 2. The lowest BCUT2D eigenvalue weighted by Crippen LogP contribution is -2.27. The molecule has 1 unspecified atom stereocenters. The first-order chi connectivity index (χ1) is 13.7. The Hall–Kier alpha value is -3.07. The molecule has 9 heteroatoms. The molecule has 1 atom stereocenters. The van der Waals surface area contributed by atoms with E-state index in [1.165, 1.54) is 18.2 Å². The van der Waals surface area contributed by atoms with Crippen LogP contribution >= 0.6 is 11.3 Å². The van der Waals surface area contributed by atoms with Gasteiger partial charge in [0.25, 0.3) is 0 Å². The molecule has 3 aromatic heterocycles. The summed E-state index contributed by atoms with van der Waals surface area (Å²) in [6.45, 7) is 1.07. The monoisotopic (exact) mass is 398 g/mol. The number of fused-ring (bicyclic) bond motifs is 1. The Labute approximate surface area is 163 Å². The van der Waals surface area contributed by atoms with Gasteiger partial charge in [0.05, 0.1) is 0 Å². The van der Waals surface area contributed by atoms with Gasteiger partial charge < -0.3 is 10.2 Å². The summed E-state index contributed by atoms with van der Waals surface area (Å²) in [6, 6.07) is 9.64. The predicted octanol–water partition coefficient (Wildman–Crippen LogP) is 3.82. The minimum atomic E-state index is -0.537. The summed E-state index contributed by atoms with van der Waals surface area (Å²) >= 11 is 1.59. The molecule has 0 aliphatic carbocycles. The molecule has 142 valence electrons. The van der Waals surface area contributed by atoms with E-state index in [0.717, 1.165) is 12.0 Å². The van der Waals surface area contributed by atoms with E-state index >= 15 is 0 Å². The van der Waals surface area contributed by atoms with E-state index in [-0.39, 0.29) is 11.7 Å². The lowest BCUT2D eigenvalue weighted by atomic mass is 10.2. The van der Waals surface area contributed by atoms with Crippen LogP contribution in [0.2, 0.25) is 0 Å². The van der Waals surface area contributed by atoms with Gasteiger partial charge in [-0.1, -0.05) is 6.07 Å². The van der Waals surface area contributed by atoms with Crippen molar-refractivity contribution in [1.82, 2.24) is 19.8 Å². The maximum absolute atomic E-state index is 14.0. The fourth-order valence-electron chi connectivity index (χ4n) is 3.52. The van der Waals surface area contributed by atoms with Crippen LogP contribution in [0.3, 0.4) is 0 Å². The van der Waals surface area contributed by atoms with E-state index < -0.39 is 11.6 Å². The molecule has 28 heavy (non-hydrogen) atoms. The van der Waals surface area contributed by atoms with Crippen LogP contribution in [0.15, 0.2) is 47.2 Å². The number of para-hydroxylation sites is 1. The van der Waals surface area contributed by atoms with Crippen molar-refractivity contribution in [2.24, 2.45) is 0 Å². The summed E-state index contributed by atoms with van der Waals surface area (Å²) in [5.74, 6) is 0.279. The van der Waals surface area contributed by atoms with E-state index in [4.69, 9.17) is 0 Å². The molecule has 1 fully saturated rings. The largest absolute Gasteiger partial charge is 0.365 e. The fourth-order valence-corrected chi connectivity index (χ4v) is 4.15. The molecule has 0 spiro atoms. The standard InChI is InChI=1S/C19H16F2N6S/c20-14-2-1-3-15(21)18(14)26-8-6-13(10-26)22-16-4-5-17-23-24-19(27(17)25-16)12-7-9-28-11-12/h1-5,7,9,11,13H,6,8,10H2,(H,22,25). The third-order valence-corrected chi connectivity index (χ3v) is 5.52. The minimum Gasteiger partial charge on any atom is -0.365 e. The SMILES string of the molecule is Fc1cccc(F)c1N1CCC(Nc2ccc3nnc(-c4ccsc4)n3n2)C1. The minimum absolute atomic E-state index is 0.0324. The Morgan fingerprint density at radius 3 is 2.71 bits per heavy atom. The van der Waals surface area contributed by atoms with Crippen molar-refractivity contribution in [3.63, 3.8) is 0 Å². The van der Waals surface area contributed by atoms with Gasteiger partial charge in [0.2, 0.25) is 0 Å². The van der Waals surface area contributed by atoms with Crippen LogP contribution in [0.4, 0.5) is 20.3 Å². The number of nitrogens with one attached hydrogen (secondary N) is 1. The van der Waals surface area contributed by atoms with Crippen LogP contribution in [0.5, 0.6) is 0 Å². The van der Waals surface area contributed by atoms with Crippen molar-refractivity contribution in [2.45, 2.75) is 12.5 Å². The predicted molar refractivity (Wildman–Crippen MR) is 105 cm³/mol. The third kappa shape index (κ3) is 2.97. The highest BCUT2D eigenvalue weighted by Gasteiger charge is 2.27.